The Morgan fingerprint density at radius 2 is 1.73 bits per heavy atom. The smallest absolute Gasteiger partial charge is 0.317 e. The van der Waals surface area contributed by atoms with Gasteiger partial charge in [-0.1, -0.05) is 31.0 Å². The van der Waals surface area contributed by atoms with Crippen LogP contribution in [0.4, 0.5) is 14.5 Å². The van der Waals surface area contributed by atoms with Crippen LogP contribution in [0.5, 0.6) is 0 Å². The number of hydrogen-bond acceptors (Lipinski definition) is 4. The third kappa shape index (κ3) is 4.48. The van der Waals surface area contributed by atoms with E-state index in [0.717, 1.165) is 12.8 Å². The highest BCUT2D eigenvalue weighted by molar-refractivity contribution is 5.96. The lowest BCUT2D eigenvalue weighted by molar-refractivity contribution is -0.154. The number of ether oxygens (including phenoxy) is 1. The summed E-state index contributed by atoms with van der Waals surface area (Å²) in [5.41, 5.74) is -0.406. The number of anilines is 1. The molecule has 0 N–H and O–H groups in total. The number of esters is 1. The minimum absolute atomic E-state index is 0.0657. The number of carbonyl (C=O) groups is 2. The zero-order valence-corrected chi connectivity index (χ0v) is 16.4. The number of carbonyl (C=O) groups excluding carboxylic acids is 2. The van der Waals surface area contributed by atoms with E-state index in [0.29, 0.717) is 24.1 Å². The fourth-order valence-electron chi connectivity index (χ4n) is 3.94. The number of benzene rings is 2. The van der Waals surface area contributed by atoms with Crippen molar-refractivity contribution in [2.24, 2.45) is 0 Å². The molecule has 7 heteroatoms. The molecule has 0 aromatic heterocycles. The molecule has 0 aliphatic heterocycles. The van der Waals surface area contributed by atoms with E-state index in [9.17, 15) is 18.4 Å². The first-order valence-corrected chi connectivity index (χ1v) is 9.83. The standard InChI is InChI=1S/C23H22F2N2O3/c24-17-8-10-18(11-9-17)27(15-5-14-26)21(28)16-30-22(29)23(12-3-4-13-23)19-6-1-2-7-20(19)25/h1-2,6-11H,3-5,12-13,15-16H2. The zero-order chi connectivity index (χ0) is 21.6. The van der Waals surface area contributed by atoms with E-state index in [-0.39, 0.29) is 13.0 Å². The lowest BCUT2D eigenvalue weighted by Crippen LogP contribution is -2.40. The lowest BCUT2D eigenvalue weighted by atomic mass is 9.78. The molecule has 2 aromatic carbocycles. The summed E-state index contributed by atoms with van der Waals surface area (Å²) in [4.78, 5) is 27.0. The van der Waals surface area contributed by atoms with Crippen molar-refractivity contribution in [3.63, 3.8) is 0 Å². The molecule has 3 rings (SSSR count). The molecule has 30 heavy (non-hydrogen) atoms. The molecule has 156 valence electrons. The lowest BCUT2D eigenvalue weighted by Gasteiger charge is -2.28. The fourth-order valence-corrected chi connectivity index (χ4v) is 3.94. The molecule has 5 nitrogen and oxygen atoms in total. The van der Waals surface area contributed by atoms with Gasteiger partial charge in [-0.15, -0.1) is 0 Å². The van der Waals surface area contributed by atoms with E-state index < -0.39 is 35.5 Å². The summed E-state index contributed by atoms with van der Waals surface area (Å²) >= 11 is 0. The van der Waals surface area contributed by atoms with Crippen molar-refractivity contribution in [2.45, 2.75) is 37.5 Å². The molecular formula is C23H22F2N2O3. The predicted molar refractivity (Wildman–Crippen MR) is 106 cm³/mol. The van der Waals surface area contributed by atoms with Gasteiger partial charge in [0.05, 0.1) is 17.9 Å². The van der Waals surface area contributed by atoms with Gasteiger partial charge >= 0.3 is 5.97 Å². The Morgan fingerprint density at radius 1 is 1.07 bits per heavy atom. The van der Waals surface area contributed by atoms with Gasteiger partial charge in [-0.25, -0.2) is 8.78 Å². The maximum atomic E-state index is 14.4. The van der Waals surface area contributed by atoms with Crippen molar-refractivity contribution in [2.75, 3.05) is 18.1 Å². The number of nitriles is 1. The number of amides is 1. The Labute approximate surface area is 173 Å². The molecule has 1 amide bonds. The summed E-state index contributed by atoms with van der Waals surface area (Å²) in [7, 11) is 0. The van der Waals surface area contributed by atoms with E-state index in [1.807, 2.05) is 6.07 Å². The monoisotopic (exact) mass is 412 g/mol. The van der Waals surface area contributed by atoms with Crippen molar-refractivity contribution in [3.05, 3.63) is 65.7 Å². The van der Waals surface area contributed by atoms with Crippen molar-refractivity contribution in [1.82, 2.24) is 0 Å². The topological polar surface area (TPSA) is 70.4 Å². The Bertz CT molecular complexity index is 948. The number of nitrogens with zero attached hydrogens (tertiary/aromatic N) is 2. The maximum Gasteiger partial charge on any atom is 0.317 e. The van der Waals surface area contributed by atoms with Gasteiger partial charge in [0.25, 0.3) is 5.91 Å². The Morgan fingerprint density at radius 3 is 2.37 bits per heavy atom. The summed E-state index contributed by atoms with van der Waals surface area (Å²) < 4.78 is 33.0. The third-order valence-corrected chi connectivity index (χ3v) is 5.45. The van der Waals surface area contributed by atoms with Crippen LogP contribution in [-0.2, 0) is 19.7 Å². The Balaban J connectivity index is 1.75. The molecule has 0 atom stereocenters. The van der Waals surface area contributed by atoms with E-state index in [1.54, 1.807) is 18.2 Å². The molecular weight excluding hydrogens is 390 g/mol. The van der Waals surface area contributed by atoms with E-state index in [2.05, 4.69) is 0 Å². The molecule has 0 bridgehead atoms. The van der Waals surface area contributed by atoms with E-state index in [1.165, 1.54) is 35.2 Å². The molecule has 0 unspecified atom stereocenters. The minimum atomic E-state index is -1.10. The number of halogens is 2. The van der Waals surface area contributed by atoms with Crippen LogP contribution in [-0.4, -0.2) is 25.0 Å². The van der Waals surface area contributed by atoms with Gasteiger partial charge in [-0.2, -0.15) is 5.26 Å². The van der Waals surface area contributed by atoms with Gasteiger partial charge in [0.2, 0.25) is 0 Å². The van der Waals surface area contributed by atoms with Gasteiger partial charge in [0.1, 0.15) is 11.6 Å². The number of rotatable bonds is 7. The van der Waals surface area contributed by atoms with Crippen LogP contribution in [0.3, 0.4) is 0 Å². The maximum absolute atomic E-state index is 14.4. The van der Waals surface area contributed by atoms with Crippen molar-refractivity contribution >= 4 is 17.6 Å². The predicted octanol–water partition coefficient (Wildman–Crippen LogP) is 4.27. The normalized spacial score (nSPS) is 14.7. The Hall–Kier alpha value is -3.27. The molecule has 0 heterocycles. The van der Waals surface area contributed by atoms with Gasteiger partial charge in [0.15, 0.2) is 6.61 Å². The first-order valence-electron chi connectivity index (χ1n) is 9.83. The minimum Gasteiger partial charge on any atom is -0.455 e. The summed E-state index contributed by atoms with van der Waals surface area (Å²) in [6.45, 7) is -0.463. The summed E-state index contributed by atoms with van der Waals surface area (Å²) in [6.07, 6.45) is 2.51. The van der Waals surface area contributed by atoms with Crippen LogP contribution in [0.1, 0.15) is 37.7 Å². The molecule has 0 spiro atoms. The molecule has 1 aliphatic rings. The average Bonchev–Trinajstić information content (AvgIpc) is 3.25. The molecule has 1 aliphatic carbocycles. The van der Waals surface area contributed by atoms with Gasteiger partial charge < -0.3 is 9.64 Å². The van der Waals surface area contributed by atoms with Crippen molar-refractivity contribution in [1.29, 1.82) is 5.26 Å². The average molecular weight is 412 g/mol. The van der Waals surface area contributed by atoms with Crippen LogP contribution in [0, 0.1) is 23.0 Å². The highest BCUT2D eigenvalue weighted by Gasteiger charge is 2.46. The van der Waals surface area contributed by atoms with Crippen molar-refractivity contribution in [3.8, 4) is 6.07 Å². The zero-order valence-electron chi connectivity index (χ0n) is 16.4. The van der Waals surface area contributed by atoms with Gasteiger partial charge in [0, 0.05) is 17.8 Å². The summed E-state index contributed by atoms with van der Waals surface area (Å²) in [5.74, 6) is -2.08. The van der Waals surface area contributed by atoms with Crippen molar-refractivity contribution < 1.29 is 23.1 Å². The van der Waals surface area contributed by atoms with Gasteiger partial charge in [-0.05, 0) is 43.2 Å². The first kappa shape index (κ1) is 21.4. The molecule has 0 saturated heterocycles. The van der Waals surface area contributed by atoms with Crippen LogP contribution < -0.4 is 4.90 Å². The highest BCUT2D eigenvalue weighted by atomic mass is 19.1. The first-order chi connectivity index (χ1) is 14.5. The third-order valence-electron chi connectivity index (χ3n) is 5.45. The number of hydrogen-bond donors (Lipinski definition) is 0. The van der Waals surface area contributed by atoms with Crippen LogP contribution in [0.2, 0.25) is 0 Å². The molecule has 1 saturated carbocycles. The van der Waals surface area contributed by atoms with E-state index in [4.69, 9.17) is 10.00 Å². The van der Waals surface area contributed by atoms with E-state index >= 15 is 0 Å². The van der Waals surface area contributed by atoms with Crippen LogP contribution in [0.15, 0.2) is 48.5 Å². The summed E-state index contributed by atoms with van der Waals surface area (Å²) in [5, 5.41) is 8.87. The molecule has 2 aromatic rings. The second kappa shape index (κ2) is 9.49. The SMILES string of the molecule is N#CCCN(C(=O)COC(=O)C1(c2ccccc2F)CCCC1)c1ccc(F)cc1. The van der Waals surface area contributed by atoms with Crippen LogP contribution in [0.25, 0.3) is 0 Å². The molecule has 1 fully saturated rings. The largest absolute Gasteiger partial charge is 0.455 e. The fraction of sp³-hybridized carbons (Fsp3) is 0.348. The second-order valence-electron chi connectivity index (χ2n) is 7.28. The highest BCUT2D eigenvalue weighted by Crippen LogP contribution is 2.43. The molecule has 0 radical (unpaired) electrons. The van der Waals surface area contributed by atoms with Crippen LogP contribution >= 0.6 is 0 Å². The summed E-state index contributed by atoms with van der Waals surface area (Å²) in [6, 6.07) is 13.4. The van der Waals surface area contributed by atoms with Gasteiger partial charge in [-0.3, -0.25) is 9.59 Å². The Kier molecular flexibility index (Phi) is 6.78. The quantitative estimate of drug-likeness (QED) is 0.637. The second-order valence-corrected chi connectivity index (χ2v) is 7.28.